The van der Waals surface area contributed by atoms with Gasteiger partial charge in [0, 0.05) is 45.8 Å². The third-order valence-corrected chi connectivity index (χ3v) is 11.5. The number of rotatable bonds is 9. The summed E-state index contributed by atoms with van der Waals surface area (Å²) in [5.41, 5.74) is 0. The van der Waals surface area contributed by atoms with Crippen molar-refractivity contribution in [3.05, 3.63) is 0 Å². The number of likely N-dealkylation sites (tertiary alicyclic amines) is 2. The van der Waals surface area contributed by atoms with Gasteiger partial charge in [0.2, 0.25) is 11.8 Å². The molecule has 6 aliphatic heterocycles. The van der Waals surface area contributed by atoms with Crippen molar-refractivity contribution in [1.82, 2.24) is 29.5 Å². The Balaban J connectivity index is 0.000000216. The van der Waals surface area contributed by atoms with Crippen LogP contribution in [-0.4, -0.2) is 198 Å². The van der Waals surface area contributed by atoms with Crippen LogP contribution in [0.1, 0.15) is 57.8 Å². The number of carboxylic acid groups (broad SMARTS) is 2. The highest BCUT2D eigenvalue weighted by atomic mass is 16.5. The molecule has 0 bridgehead atoms. The zero-order valence-electron chi connectivity index (χ0n) is 34.2. The van der Waals surface area contributed by atoms with Crippen LogP contribution in [0, 0.1) is 17.8 Å². The molecule has 19 nitrogen and oxygen atoms in total. The first-order valence-electron chi connectivity index (χ1n) is 20.2. The Kier molecular flexibility index (Phi) is 19.7. The molecule has 6 N–H and O–H groups in total. The van der Waals surface area contributed by atoms with Gasteiger partial charge in [0.1, 0.15) is 18.1 Å². The van der Waals surface area contributed by atoms with Crippen molar-refractivity contribution >= 4 is 56.8 Å². The lowest BCUT2D eigenvalue weighted by Gasteiger charge is -2.23. The number of carboxylic acids is 2. The lowest BCUT2D eigenvalue weighted by atomic mass is 9.84. The van der Waals surface area contributed by atoms with Crippen LogP contribution in [0.15, 0.2) is 0 Å². The zero-order chi connectivity index (χ0) is 42.4. The molecular formula is C35H63B3N6O13. The summed E-state index contributed by atoms with van der Waals surface area (Å²) in [5, 5.41) is 49.9. The van der Waals surface area contributed by atoms with Crippen LogP contribution < -0.4 is 5.32 Å². The molecule has 0 aromatic rings. The maximum Gasteiger partial charge on any atom is 0.377 e. The molecule has 0 unspecified atom stereocenters. The monoisotopic (exact) mass is 808 g/mol. The number of nitrogens with one attached hydrogen (secondary N) is 1. The van der Waals surface area contributed by atoms with E-state index in [1.807, 2.05) is 9.80 Å². The van der Waals surface area contributed by atoms with E-state index >= 15 is 0 Å². The van der Waals surface area contributed by atoms with Gasteiger partial charge in [0.05, 0.1) is 32.0 Å². The highest BCUT2D eigenvalue weighted by Crippen LogP contribution is 2.29. The minimum Gasteiger partial charge on any atom is -0.481 e. The molecule has 57 heavy (non-hydrogen) atoms. The van der Waals surface area contributed by atoms with Gasteiger partial charge in [-0.3, -0.25) is 28.8 Å². The Morgan fingerprint density at radius 3 is 1.14 bits per heavy atom. The Labute approximate surface area is 336 Å². The number of ether oxygens (including phenoxy) is 2. The average Bonchev–Trinajstić information content (AvgIpc) is 4.04. The third-order valence-electron chi connectivity index (χ3n) is 11.5. The summed E-state index contributed by atoms with van der Waals surface area (Å²) in [6.45, 7) is 11.3. The Morgan fingerprint density at radius 2 is 0.860 bits per heavy atom. The summed E-state index contributed by atoms with van der Waals surface area (Å²) < 4.78 is 9.31. The van der Waals surface area contributed by atoms with Gasteiger partial charge in [-0.1, -0.05) is 0 Å². The lowest BCUT2D eigenvalue weighted by molar-refractivity contribution is -0.145. The second-order valence-electron chi connectivity index (χ2n) is 15.6. The van der Waals surface area contributed by atoms with Crippen molar-refractivity contribution in [3.63, 3.8) is 0 Å². The van der Waals surface area contributed by atoms with E-state index in [2.05, 4.69) is 10.1 Å². The molecule has 0 spiro atoms. The van der Waals surface area contributed by atoms with E-state index in [0.29, 0.717) is 25.9 Å². The molecule has 6 saturated heterocycles. The number of aliphatic carboxylic acids is 2. The molecule has 6 fully saturated rings. The second-order valence-corrected chi connectivity index (χ2v) is 15.6. The van der Waals surface area contributed by atoms with E-state index in [9.17, 15) is 43.8 Å². The standard InChI is InChI=1S/C12H21BN2O4.C11H19BN2O4.C8H14BNO5.C4H9N/c1-13(18)15-8-9(7-10(15)12(17)19-2)11(16)14-5-3-4-6-14;1-12(18)14-7-8(6-9(14)11(16)17)10(15)13-4-2-3-5-13;1-9(14)10-4-5(7(11)12)3-6(10)8(13)15-2;1-2-4-5-3-1/h9-10,18H,3-8H2,1-2H3;8-9,18H,2-7H2,1H3,(H,16,17);5-6,14H,3-4H2,1-2H3,(H,11,12);5H,1-4H2/t9-,10-;8-,9-;5-,6-;/m111./s1. The number of amides is 2. The fraction of sp³-hybridized carbons (Fsp3) is 0.829. The topological polar surface area (TPSA) is 250 Å². The molecule has 22 heteroatoms. The number of hydrogen-bond donors (Lipinski definition) is 6. The summed E-state index contributed by atoms with van der Waals surface area (Å²) in [4.78, 5) is 77.7. The molecular weight excluding hydrogens is 745 g/mol. The number of methoxy groups -OCH3 is 2. The fourth-order valence-corrected chi connectivity index (χ4v) is 8.35. The van der Waals surface area contributed by atoms with Gasteiger partial charge >= 0.3 is 45.0 Å². The first kappa shape index (κ1) is 48.1. The van der Waals surface area contributed by atoms with E-state index in [-0.39, 0.29) is 42.6 Å². The number of hydrogen-bond acceptors (Lipinski definition) is 15. The Bertz CT molecular complexity index is 1340. The zero-order valence-corrected chi connectivity index (χ0v) is 34.2. The largest absolute Gasteiger partial charge is 0.481 e. The normalized spacial score (nSPS) is 27.3. The summed E-state index contributed by atoms with van der Waals surface area (Å²) in [6.07, 6.45) is 7.87. The molecule has 6 heterocycles. The maximum absolute atomic E-state index is 12.3. The van der Waals surface area contributed by atoms with Crippen LogP contribution in [0.4, 0.5) is 0 Å². The van der Waals surface area contributed by atoms with Crippen LogP contribution in [0.3, 0.4) is 0 Å². The lowest BCUT2D eigenvalue weighted by Crippen LogP contribution is -2.45. The second kappa shape index (κ2) is 23.4. The summed E-state index contributed by atoms with van der Waals surface area (Å²) in [6, 6.07) is -1.92. The molecule has 6 atom stereocenters. The first-order valence-corrected chi connectivity index (χ1v) is 20.2. The van der Waals surface area contributed by atoms with Crippen molar-refractivity contribution in [2.75, 3.05) is 73.1 Å². The van der Waals surface area contributed by atoms with E-state index in [1.165, 1.54) is 56.6 Å². The third kappa shape index (κ3) is 13.6. The van der Waals surface area contributed by atoms with Gasteiger partial charge in [-0.05, 0) is 91.3 Å². The van der Waals surface area contributed by atoms with Crippen LogP contribution in [0.2, 0.25) is 20.5 Å². The molecule has 0 aromatic heterocycles. The number of carbonyl (C=O) groups excluding carboxylic acids is 4. The van der Waals surface area contributed by atoms with E-state index < -0.39 is 63.1 Å². The van der Waals surface area contributed by atoms with Gasteiger partial charge in [0.15, 0.2) is 0 Å². The van der Waals surface area contributed by atoms with Crippen LogP contribution >= 0.6 is 0 Å². The average molecular weight is 808 g/mol. The van der Waals surface area contributed by atoms with Crippen LogP contribution in [0.5, 0.6) is 0 Å². The molecule has 0 aromatic carbocycles. The maximum atomic E-state index is 12.3. The quantitative estimate of drug-likeness (QED) is 0.114. The summed E-state index contributed by atoms with van der Waals surface area (Å²) in [5.74, 6) is -3.77. The smallest absolute Gasteiger partial charge is 0.377 e. The molecule has 0 aliphatic carbocycles. The highest BCUT2D eigenvalue weighted by molar-refractivity contribution is 6.46. The predicted molar refractivity (Wildman–Crippen MR) is 210 cm³/mol. The Morgan fingerprint density at radius 1 is 0.526 bits per heavy atom. The number of esters is 2. The van der Waals surface area contributed by atoms with E-state index in [1.54, 1.807) is 18.5 Å². The molecule has 0 saturated carbocycles. The number of carbonyl (C=O) groups is 6. The fourth-order valence-electron chi connectivity index (χ4n) is 8.35. The Hall–Kier alpha value is -3.27. The first-order chi connectivity index (χ1) is 27.0. The van der Waals surface area contributed by atoms with Crippen molar-refractivity contribution in [2.45, 2.75) is 96.4 Å². The van der Waals surface area contributed by atoms with Crippen molar-refractivity contribution < 1.29 is 63.5 Å². The molecule has 320 valence electrons. The molecule has 6 aliphatic rings. The van der Waals surface area contributed by atoms with Crippen molar-refractivity contribution in [1.29, 1.82) is 0 Å². The molecule has 2 amide bonds. The van der Waals surface area contributed by atoms with Crippen molar-refractivity contribution in [2.24, 2.45) is 17.8 Å². The van der Waals surface area contributed by atoms with Crippen LogP contribution in [0.25, 0.3) is 0 Å². The minimum atomic E-state index is -0.965. The molecule has 6 rings (SSSR count). The van der Waals surface area contributed by atoms with Gasteiger partial charge in [-0.15, -0.1) is 0 Å². The van der Waals surface area contributed by atoms with Gasteiger partial charge in [-0.25, -0.2) is 0 Å². The van der Waals surface area contributed by atoms with Gasteiger partial charge < -0.3 is 64.3 Å². The van der Waals surface area contributed by atoms with Crippen LogP contribution in [-0.2, 0) is 38.2 Å². The SMILES string of the molecule is C1CCNC1.CB(O)N1C[C@H](C(=O)N2CCCC2)C[C@@H]1C(=O)O.COC(=O)[C@H]1C[C@@H](C(=O)N2CCCC2)CN1B(C)O.COC(=O)[C@H]1C[C@@H](C(=O)O)CN1B(C)O. The highest BCUT2D eigenvalue weighted by Gasteiger charge is 2.46. The van der Waals surface area contributed by atoms with Gasteiger partial charge in [0.25, 0.3) is 0 Å². The number of nitrogens with zero attached hydrogens (tertiary/aromatic N) is 5. The van der Waals surface area contributed by atoms with E-state index in [4.69, 9.17) is 14.9 Å². The predicted octanol–water partition coefficient (Wildman–Crippen LogP) is -1.51. The van der Waals surface area contributed by atoms with E-state index in [0.717, 1.165) is 51.9 Å². The minimum absolute atomic E-state index is 0.0434. The summed E-state index contributed by atoms with van der Waals surface area (Å²) >= 11 is 0. The van der Waals surface area contributed by atoms with Crippen molar-refractivity contribution in [3.8, 4) is 0 Å². The van der Waals surface area contributed by atoms with Gasteiger partial charge in [-0.2, -0.15) is 0 Å². The molecule has 0 radical (unpaired) electrons. The summed E-state index contributed by atoms with van der Waals surface area (Å²) in [7, 11) is 0.149.